The maximum atomic E-state index is 6.34. The van der Waals surface area contributed by atoms with Crippen LogP contribution in [-0.4, -0.2) is 9.97 Å². The lowest BCUT2D eigenvalue weighted by Crippen LogP contribution is -2.35. The molecule has 2 atom stereocenters. The van der Waals surface area contributed by atoms with Gasteiger partial charge in [-0.25, -0.2) is 4.98 Å². The van der Waals surface area contributed by atoms with Gasteiger partial charge in [0, 0.05) is 33.3 Å². The molecule has 2 heterocycles. The van der Waals surface area contributed by atoms with Crippen molar-refractivity contribution in [1.29, 1.82) is 0 Å². The molecule has 5 aliphatic carbocycles. The Kier molecular flexibility index (Phi) is 7.90. The average Bonchev–Trinajstić information content (AvgIpc) is 3.93. The summed E-state index contributed by atoms with van der Waals surface area (Å²) in [7, 11) is 0. The zero-order chi connectivity index (χ0) is 40.1. The number of nitrogens with zero attached hydrogens (tertiary/aromatic N) is 2. The quantitative estimate of drug-likeness (QED) is 0.178. The molecule has 0 saturated heterocycles. The summed E-state index contributed by atoms with van der Waals surface area (Å²) >= 11 is 0. The van der Waals surface area contributed by atoms with Crippen LogP contribution in [0.25, 0.3) is 72.5 Å². The number of para-hydroxylation sites is 1. The molecule has 13 rings (SSSR count). The summed E-state index contributed by atoms with van der Waals surface area (Å²) in [6.07, 6.45) is 18.9. The monoisotopic (exact) mass is 788 g/mol. The molecule has 0 radical (unpaired) electrons. The summed E-state index contributed by atoms with van der Waals surface area (Å²) in [5.74, 6) is 1.70. The van der Waals surface area contributed by atoms with Gasteiger partial charge in [-0.05, 0) is 105 Å². The first kappa shape index (κ1) is 35.4. The zero-order valence-corrected chi connectivity index (χ0v) is 34.5. The first-order chi connectivity index (χ1) is 30.2. The van der Waals surface area contributed by atoms with Crippen LogP contribution in [0.3, 0.4) is 0 Å². The maximum absolute atomic E-state index is 6.34. The summed E-state index contributed by atoms with van der Waals surface area (Å²) in [4.78, 5) is 10.2. The minimum atomic E-state index is 0.148. The standard InChI is InChI=1S/C58H48N2O/c1-4-15-39(16-5-1)54-53-44-20-7-9-22-52(44)61-56(53)60-55(59-54)42-18-14-17-40(33-42)37-23-25-38(26-24-37)41-27-28-49-45(34-41)47-36-50-46(35-51(47)58(49)31-12-3-13-32-58)43-19-6-8-21-48(43)57(50)29-10-2-11-30-57/h1,4-9,14-28,33-36,46,50H,2-3,10-13,29-32H2. The zero-order valence-electron chi connectivity index (χ0n) is 34.5. The molecule has 2 spiro atoms. The molecule has 0 bridgehead atoms. The third-order valence-corrected chi connectivity index (χ3v) is 15.6. The highest BCUT2D eigenvalue weighted by Gasteiger charge is 2.55. The van der Waals surface area contributed by atoms with Gasteiger partial charge in [-0.15, -0.1) is 0 Å². The number of rotatable bonds is 4. The second-order valence-electron chi connectivity index (χ2n) is 18.6. The highest BCUT2D eigenvalue weighted by Crippen LogP contribution is 2.66. The van der Waals surface area contributed by atoms with Crippen molar-refractivity contribution < 1.29 is 4.42 Å². The van der Waals surface area contributed by atoms with Gasteiger partial charge in [0.05, 0.1) is 11.1 Å². The number of fused-ring (bicyclic) bond motifs is 13. The van der Waals surface area contributed by atoms with E-state index in [4.69, 9.17) is 14.4 Å². The molecule has 3 heteroatoms. The van der Waals surface area contributed by atoms with E-state index in [2.05, 4.69) is 133 Å². The molecule has 0 N–H and O–H groups in total. The number of allylic oxidation sites excluding steroid dienone is 4. The number of hydrogen-bond donors (Lipinski definition) is 0. The molecular formula is C58H48N2O. The van der Waals surface area contributed by atoms with Gasteiger partial charge in [-0.1, -0.05) is 178 Å². The van der Waals surface area contributed by atoms with E-state index >= 15 is 0 Å². The molecule has 6 aromatic carbocycles. The van der Waals surface area contributed by atoms with Crippen molar-refractivity contribution in [3.05, 3.63) is 186 Å². The van der Waals surface area contributed by atoms with Gasteiger partial charge in [0.15, 0.2) is 5.82 Å². The minimum absolute atomic E-state index is 0.148. The maximum Gasteiger partial charge on any atom is 0.231 e. The van der Waals surface area contributed by atoms with Crippen LogP contribution in [0.2, 0.25) is 0 Å². The van der Waals surface area contributed by atoms with Crippen LogP contribution in [0.4, 0.5) is 0 Å². The topological polar surface area (TPSA) is 38.9 Å². The van der Waals surface area contributed by atoms with E-state index in [0.29, 0.717) is 23.4 Å². The number of benzene rings is 6. The molecule has 0 aliphatic heterocycles. The van der Waals surface area contributed by atoms with Crippen molar-refractivity contribution in [1.82, 2.24) is 9.97 Å². The molecule has 2 fully saturated rings. The van der Waals surface area contributed by atoms with E-state index in [1.165, 1.54) is 86.5 Å². The smallest absolute Gasteiger partial charge is 0.231 e. The van der Waals surface area contributed by atoms with Gasteiger partial charge >= 0.3 is 0 Å². The van der Waals surface area contributed by atoms with Crippen LogP contribution in [0.5, 0.6) is 0 Å². The van der Waals surface area contributed by atoms with Gasteiger partial charge in [0.1, 0.15) is 5.58 Å². The molecule has 5 aliphatic rings. The van der Waals surface area contributed by atoms with E-state index in [0.717, 1.165) is 38.7 Å². The highest BCUT2D eigenvalue weighted by molar-refractivity contribution is 6.10. The lowest BCUT2D eigenvalue weighted by Gasteiger charge is -2.43. The Morgan fingerprint density at radius 1 is 0.508 bits per heavy atom. The van der Waals surface area contributed by atoms with Crippen molar-refractivity contribution >= 4 is 27.6 Å². The predicted molar refractivity (Wildman–Crippen MR) is 249 cm³/mol. The normalized spacial score (nSPS) is 20.6. The highest BCUT2D eigenvalue weighted by atomic mass is 16.3. The number of furan rings is 1. The summed E-state index contributed by atoms with van der Waals surface area (Å²) in [6, 6.07) is 53.4. The van der Waals surface area contributed by atoms with Gasteiger partial charge in [0.2, 0.25) is 5.71 Å². The second kappa shape index (κ2) is 13.6. The molecule has 3 nitrogen and oxygen atoms in total. The number of hydrogen-bond acceptors (Lipinski definition) is 3. The Morgan fingerprint density at radius 3 is 2.00 bits per heavy atom. The fourth-order valence-electron chi connectivity index (χ4n) is 12.8. The second-order valence-corrected chi connectivity index (χ2v) is 18.6. The lowest BCUT2D eigenvalue weighted by atomic mass is 9.61. The van der Waals surface area contributed by atoms with E-state index in [1.807, 2.05) is 24.3 Å². The van der Waals surface area contributed by atoms with Gasteiger partial charge in [0.25, 0.3) is 0 Å². The fraction of sp³-hybridized carbons (Fsp3) is 0.241. The Labute approximate surface area is 357 Å². The first-order valence-electron chi connectivity index (χ1n) is 22.8. The largest absolute Gasteiger partial charge is 0.438 e. The summed E-state index contributed by atoms with van der Waals surface area (Å²) in [5.41, 5.74) is 19.2. The molecule has 2 saturated carbocycles. The van der Waals surface area contributed by atoms with Crippen LogP contribution >= 0.6 is 0 Å². The molecule has 2 unspecified atom stereocenters. The van der Waals surface area contributed by atoms with Crippen molar-refractivity contribution in [2.45, 2.75) is 81.0 Å². The number of aromatic nitrogens is 2. The SMILES string of the molecule is C1=C2C(=CC3c4ccccc4C4(CCCCC4)C13)C1(CCCCC1)c1ccc(-c3ccc(-c4cccc(-c5nc(-c6ccccc6)c6c(n5)oc5ccccc56)c4)cc3)cc12. The van der Waals surface area contributed by atoms with Crippen molar-refractivity contribution in [2.75, 3.05) is 0 Å². The Bertz CT molecular complexity index is 3100. The molecule has 0 amide bonds. The third-order valence-electron chi connectivity index (χ3n) is 15.6. The molecule has 2 aromatic heterocycles. The van der Waals surface area contributed by atoms with Gasteiger partial charge in [-0.2, -0.15) is 4.98 Å². The molecular weight excluding hydrogens is 741 g/mol. The first-order valence-corrected chi connectivity index (χ1v) is 22.8. The van der Waals surface area contributed by atoms with Crippen LogP contribution in [0.15, 0.2) is 168 Å². The Hall–Kier alpha value is -6.32. The Balaban J connectivity index is 0.864. The molecule has 296 valence electrons. The summed E-state index contributed by atoms with van der Waals surface area (Å²) in [6.45, 7) is 0. The average molecular weight is 789 g/mol. The van der Waals surface area contributed by atoms with Crippen molar-refractivity contribution in [3.8, 4) is 44.9 Å². The van der Waals surface area contributed by atoms with E-state index in [1.54, 1.807) is 27.8 Å². The summed E-state index contributed by atoms with van der Waals surface area (Å²) < 4.78 is 6.34. The van der Waals surface area contributed by atoms with Crippen LogP contribution in [0, 0.1) is 5.92 Å². The van der Waals surface area contributed by atoms with E-state index < -0.39 is 0 Å². The predicted octanol–water partition coefficient (Wildman–Crippen LogP) is 15.2. The third kappa shape index (κ3) is 5.29. The summed E-state index contributed by atoms with van der Waals surface area (Å²) in [5, 5.41) is 1.98. The minimum Gasteiger partial charge on any atom is -0.438 e. The van der Waals surface area contributed by atoms with E-state index in [-0.39, 0.29) is 10.8 Å². The Morgan fingerprint density at radius 2 is 1.18 bits per heavy atom. The fourth-order valence-corrected chi connectivity index (χ4v) is 12.8. The van der Waals surface area contributed by atoms with E-state index in [9.17, 15) is 0 Å². The lowest BCUT2D eigenvalue weighted by molar-refractivity contribution is 0.232. The van der Waals surface area contributed by atoms with Gasteiger partial charge < -0.3 is 4.42 Å². The molecule has 8 aromatic rings. The van der Waals surface area contributed by atoms with Crippen LogP contribution in [0.1, 0.15) is 92.4 Å². The van der Waals surface area contributed by atoms with Crippen molar-refractivity contribution in [3.63, 3.8) is 0 Å². The van der Waals surface area contributed by atoms with Crippen LogP contribution in [-0.2, 0) is 10.8 Å². The van der Waals surface area contributed by atoms with Gasteiger partial charge in [-0.3, -0.25) is 0 Å². The van der Waals surface area contributed by atoms with Crippen molar-refractivity contribution in [2.24, 2.45) is 5.92 Å². The van der Waals surface area contributed by atoms with Crippen LogP contribution < -0.4 is 0 Å². The molecule has 61 heavy (non-hydrogen) atoms.